The van der Waals surface area contributed by atoms with Crippen LogP contribution in [0.5, 0.6) is 0 Å². The maximum absolute atomic E-state index is 13.6. The van der Waals surface area contributed by atoms with Crippen molar-refractivity contribution in [3.05, 3.63) is 34.9 Å². The number of hydrogen-bond acceptors (Lipinski definition) is 2. The van der Waals surface area contributed by atoms with Gasteiger partial charge in [-0.15, -0.1) is 0 Å². The van der Waals surface area contributed by atoms with Crippen molar-refractivity contribution in [2.24, 2.45) is 0 Å². The van der Waals surface area contributed by atoms with E-state index in [4.69, 9.17) is 5.11 Å². The van der Waals surface area contributed by atoms with E-state index in [1.54, 1.807) is 0 Å². The van der Waals surface area contributed by atoms with Crippen LogP contribution in [0.25, 0.3) is 0 Å². The molecule has 0 saturated carbocycles. The molecule has 0 aromatic heterocycles. The van der Waals surface area contributed by atoms with E-state index in [1.165, 1.54) is 0 Å². The van der Waals surface area contributed by atoms with Crippen molar-refractivity contribution in [2.45, 2.75) is 44.9 Å². The summed E-state index contributed by atoms with van der Waals surface area (Å²) in [4.78, 5) is 10.3. The van der Waals surface area contributed by atoms with Crippen LogP contribution in [-0.4, -0.2) is 17.7 Å². The average molecular weight is 340 g/mol. The van der Waals surface area contributed by atoms with E-state index < -0.39 is 41.2 Å². The van der Waals surface area contributed by atoms with Crippen molar-refractivity contribution < 1.29 is 36.6 Å². The molecule has 1 rings (SSSR count). The van der Waals surface area contributed by atoms with Gasteiger partial charge in [-0.25, -0.2) is 22.0 Å². The van der Waals surface area contributed by atoms with Gasteiger partial charge in [0.15, 0.2) is 23.3 Å². The van der Waals surface area contributed by atoms with Crippen LogP contribution < -0.4 is 0 Å². The van der Waals surface area contributed by atoms with E-state index in [-0.39, 0.29) is 19.1 Å². The molecule has 0 bridgehead atoms. The predicted octanol–water partition coefficient (Wildman–Crippen LogP) is 4.65. The molecule has 1 atom stereocenters. The third kappa shape index (κ3) is 6.13. The summed E-state index contributed by atoms with van der Waals surface area (Å²) in [6.07, 6.45) is 0.718. The number of ether oxygens (including phenoxy) is 1. The molecule has 0 saturated heterocycles. The third-order valence-corrected chi connectivity index (χ3v) is 3.17. The molecule has 0 amide bonds. The predicted molar refractivity (Wildman–Crippen MR) is 71.4 cm³/mol. The lowest BCUT2D eigenvalue weighted by molar-refractivity contribution is -0.137. The zero-order chi connectivity index (χ0) is 17.4. The number of alkyl halides is 1. The van der Waals surface area contributed by atoms with Crippen LogP contribution in [0.4, 0.5) is 22.0 Å². The fraction of sp³-hybridized carbons (Fsp3) is 0.533. The third-order valence-electron chi connectivity index (χ3n) is 3.17. The van der Waals surface area contributed by atoms with Crippen LogP contribution in [0.1, 0.15) is 50.4 Å². The average Bonchev–Trinajstić information content (AvgIpc) is 2.50. The van der Waals surface area contributed by atoms with Crippen molar-refractivity contribution in [2.75, 3.05) is 6.61 Å². The van der Waals surface area contributed by atoms with Crippen molar-refractivity contribution in [3.63, 3.8) is 0 Å². The molecule has 1 aromatic rings. The van der Waals surface area contributed by atoms with Gasteiger partial charge in [-0.3, -0.25) is 4.79 Å². The molecule has 0 spiro atoms. The first-order valence-electron chi connectivity index (χ1n) is 7.15. The van der Waals surface area contributed by atoms with Crippen LogP contribution >= 0.6 is 0 Å². The summed E-state index contributed by atoms with van der Waals surface area (Å²) in [5.41, 5.74) is -1.03. The van der Waals surface area contributed by atoms with E-state index in [9.17, 15) is 26.7 Å². The second kappa shape index (κ2) is 9.44. The second-order valence-corrected chi connectivity index (χ2v) is 4.99. The van der Waals surface area contributed by atoms with Crippen LogP contribution in [0, 0.1) is 23.3 Å². The van der Waals surface area contributed by atoms with Gasteiger partial charge in [0.25, 0.3) is 0 Å². The summed E-state index contributed by atoms with van der Waals surface area (Å²) in [5, 5.41) is 8.43. The second-order valence-electron chi connectivity index (χ2n) is 4.99. The van der Waals surface area contributed by atoms with Crippen molar-refractivity contribution in [1.82, 2.24) is 0 Å². The Balaban J connectivity index is 2.32. The van der Waals surface area contributed by atoms with Gasteiger partial charge in [0.05, 0.1) is 12.2 Å². The molecule has 0 aliphatic rings. The molecule has 1 aromatic carbocycles. The molecule has 0 aliphatic carbocycles. The van der Waals surface area contributed by atoms with Crippen LogP contribution in [0.15, 0.2) is 6.07 Å². The Labute approximate surface area is 130 Å². The van der Waals surface area contributed by atoms with Gasteiger partial charge >= 0.3 is 5.97 Å². The maximum atomic E-state index is 13.6. The molecular weight excluding hydrogens is 323 g/mol. The SMILES string of the molecule is O=C(O)CCCCCCCOC(F)c1cc(F)c(F)c(F)c1F. The summed E-state index contributed by atoms with van der Waals surface area (Å²) < 4.78 is 70.3. The largest absolute Gasteiger partial charge is 0.481 e. The van der Waals surface area contributed by atoms with Crippen LogP contribution in [0.3, 0.4) is 0 Å². The lowest BCUT2D eigenvalue weighted by Crippen LogP contribution is -2.07. The summed E-state index contributed by atoms with van der Waals surface area (Å²) in [6.45, 7) is -0.111. The number of aliphatic carboxylic acids is 1. The Bertz CT molecular complexity index is 536. The van der Waals surface area contributed by atoms with Gasteiger partial charge in [0.1, 0.15) is 0 Å². The number of carbonyl (C=O) groups is 1. The Hall–Kier alpha value is -1.70. The standard InChI is InChI=1S/C15H17F5O3/c16-10-8-9(12(17)14(19)13(10)18)15(20)23-7-5-3-1-2-4-6-11(21)22/h8,15H,1-7H2,(H,21,22). The van der Waals surface area contributed by atoms with E-state index >= 15 is 0 Å². The topological polar surface area (TPSA) is 46.5 Å². The molecule has 130 valence electrons. The molecule has 0 heterocycles. The van der Waals surface area contributed by atoms with Crippen molar-refractivity contribution in [3.8, 4) is 0 Å². The lowest BCUT2D eigenvalue weighted by atomic mass is 10.1. The molecule has 0 fully saturated rings. The van der Waals surface area contributed by atoms with Crippen LogP contribution in [-0.2, 0) is 9.53 Å². The van der Waals surface area contributed by atoms with Crippen molar-refractivity contribution in [1.29, 1.82) is 0 Å². The van der Waals surface area contributed by atoms with Gasteiger partial charge in [0, 0.05) is 6.42 Å². The molecule has 1 N–H and O–H groups in total. The zero-order valence-corrected chi connectivity index (χ0v) is 12.3. The first kappa shape index (κ1) is 19.3. The molecule has 8 heteroatoms. The summed E-state index contributed by atoms with van der Waals surface area (Å²) in [6, 6.07) is 0.227. The maximum Gasteiger partial charge on any atom is 0.303 e. The number of hydrogen-bond donors (Lipinski definition) is 1. The molecule has 0 radical (unpaired) electrons. The number of benzene rings is 1. The molecule has 3 nitrogen and oxygen atoms in total. The summed E-state index contributed by atoms with van der Waals surface area (Å²) in [5.74, 6) is -8.45. The van der Waals surface area contributed by atoms with Crippen molar-refractivity contribution >= 4 is 5.97 Å². The first-order chi connectivity index (χ1) is 10.8. The lowest BCUT2D eigenvalue weighted by Gasteiger charge is -2.12. The molecule has 23 heavy (non-hydrogen) atoms. The molecular formula is C15H17F5O3. The van der Waals surface area contributed by atoms with Gasteiger partial charge in [-0.2, -0.15) is 0 Å². The van der Waals surface area contributed by atoms with Gasteiger partial charge in [0.2, 0.25) is 6.36 Å². The first-order valence-corrected chi connectivity index (χ1v) is 7.15. The van der Waals surface area contributed by atoms with E-state index in [0.29, 0.717) is 25.7 Å². The number of unbranched alkanes of at least 4 members (excludes halogenated alkanes) is 4. The Morgan fingerprint density at radius 3 is 2.26 bits per heavy atom. The summed E-state index contributed by atoms with van der Waals surface area (Å²) >= 11 is 0. The highest BCUT2D eigenvalue weighted by molar-refractivity contribution is 5.66. The Kier molecular flexibility index (Phi) is 7.94. The minimum absolute atomic E-state index is 0.0873. The highest BCUT2D eigenvalue weighted by Gasteiger charge is 2.24. The minimum Gasteiger partial charge on any atom is -0.481 e. The summed E-state index contributed by atoms with van der Waals surface area (Å²) in [7, 11) is 0. The van der Waals surface area contributed by atoms with Gasteiger partial charge in [-0.05, 0) is 18.9 Å². The number of carboxylic acids is 1. The Morgan fingerprint density at radius 2 is 1.61 bits per heavy atom. The van der Waals surface area contributed by atoms with E-state index in [1.807, 2.05) is 0 Å². The number of halogens is 5. The monoisotopic (exact) mass is 340 g/mol. The zero-order valence-electron chi connectivity index (χ0n) is 12.3. The molecule has 0 aliphatic heterocycles. The highest BCUT2D eigenvalue weighted by Crippen LogP contribution is 2.27. The smallest absolute Gasteiger partial charge is 0.303 e. The van der Waals surface area contributed by atoms with E-state index in [0.717, 1.165) is 6.42 Å². The van der Waals surface area contributed by atoms with Gasteiger partial charge < -0.3 is 9.84 Å². The quantitative estimate of drug-likeness (QED) is 0.292. The molecule has 1 unspecified atom stereocenters. The van der Waals surface area contributed by atoms with Crippen LogP contribution in [0.2, 0.25) is 0 Å². The van der Waals surface area contributed by atoms with E-state index in [2.05, 4.69) is 4.74 Å². The Morgan fingerprint density at radius 1 is 1.00 bits per heavy atom. The fourth-order valence-electron chi connectivity index (χ4n) is 1.94. The normalized spacial score (nSPS) is 12.4. The number of rotatable bonds is 10. The van der Waals surface area contributed by atoms with Gasteiger partial charge in [-0.1, -0.05) is 19.3 Å². The fourth-order valence-corrected chi connectivity index (χ4v) is 1.94. The number of carboxylic acid groups (broad SMARTS) is 1. The minimum atomic E-state index is -2.40. The highest BCUT2D eigenvalue weighted by atomic mass is 19.2.